The summed E-state index contributed by atoms with van der Waals surface area (Å²) >= 11 is 6.29. The van der Waals surface area contributed by atoms with Gasteiger partial charge in [0.25, 0.3) is 0 Å². The van der Waals surface area contributed by atoms with Gasteiger partial charge in [0.05, 0.1) is 5.52 Å². The standard InChI is InChI=1S/C15H11ClFN3/c1-18-15-11-6-12(16)10(7-14(11)19-8-20-15)9-4-2-3-5-13(9)17/h2-8H,1H3,(H,18,19,20). The number of rotatable bonds is 2. The van der Waals surface area contributed by atoms with Crippen LogP contribution in [0.2, 0.25) is 5.02 Å². The summed E-state index contributed by atoms with van der Waals surface area (Å²) < 4.78 is 13.9. The van der Waals surface area contributed by atoms with Gasteiger partial charge in [-0.2, -0.15) is 0 Å². The molecule has 0 bridgehead atoms. The highest BCUT2D eigenvalue weighted by molar-refractivity contribution is 6.34. The first kappa shape index (κ1) is 12.8. The summed E-state index contributed by atoms with van der Waals surface area (Å²) in [5, 5.41) is 4.26. The van der Waals surface area contributed by atoms with Gasteiger partial charge in [0.2, 0.25) is 0 Å². The van der Waals surface area contributed by atoms with Crippen LogP contribution in [-0.4, -0.2) is 17.0 Å². The van der Waals surface area contributed by atoms with E-state index in [9.17, 15) is 4.39 Å². The number of halogens is 2. The van der Waals surface area contributed by atoms with E-state index in [0.717, 1.165) is 5.39 Å². The van der Waals surface area contributed by atoms with Crippen LogP contribution in [0.4, 0.5) is 10.2 Å². The molecule has 0 fully saturated rings. The van der Waals surface area contributed by atoms with Gasteiger partial charge >= 0.3 is 0 Å². The summed E-state index contributed by atoms with van der Waals surface area (Å²) in [5.74, 6) is 0.383. The Labute approximate surface area is 120 Å². The molecular weight excluding hydrogens is 277 g/mol. The van der Waals surface area contributed by atoms with Gasteiger partial charge in [-0.05, 0) is 18.2 Å². The van der Waals surface area contributed by atoms with Gasteiger partial charge < -0.3 is 5.32 Å². The highest BCUT2D eigenvalue weighted by Gasteiger charge is 2.12. The van der Waals surface area contributed by atoms with Crippen LogP contribution in [-0.2, 0) is 0 Å². The summed E-state index contributed by atoms with van der Waals surface area (Å²) in [5.41, 5.74) is 1.80. The zero-order valence-electron chi connectivity index (χ0n) is 10.7. The van der Waals surface area contributed by atoms with Crippen molar-refractivity contribution >= 4 is 28.3 Å². The predicted octanol–water partition coefficient (Wildman–Crippen LogP) is 4.13. The summed E-state index contributed by atoms with van der Waals surface area (Å²) in [4.78, 5) is 8.35. The Bertz CT molecular complexity index is 789. The fourth-order valence-electron chi connectivity index (χ4n) is 2.16. The van der Waals surface area contributed by atoms with Crippen LogP contribution < -0.4 is 5.32 Å². The minimum absolute atomic E-state index is 0.309. The summed E-state index contributed by atoms with van der Waals surface area (Å²) in [6.45, 7) is 0. The second kappa shape index (κ2) is 5.06. The first-order valence-electron chi connectivity index (χ1n) is 6.07. The average molecular weight is 288 g/mol. The quantitative estimate of drug-likeness (QED) is 0.770. The van der Waals surface area contributed by atoms with Crippen molar-refractivity contribution in [2.75, 3.05) is 12.4 Å². The molecule has 0 atom stereocenters. The molecule has 0 aliphatic carbocycles. The normalized spacial score (nSPS) is 10.8. The van der Waals surface area contributed by atoms with Crippen LogP contribution in [0, 0.1) is 5.82 Å². The lowest BCUT2D eigenvalue weighted by atomic mass is 10.0. The first-order chi connectivity index (χ1) is 9.70. The summed E-state index contributed by atoms with van der Waals surface area (Å²) in [6, 6.07) is 10.1. The molecule has 3 aromatic rings. The molecule has 0 saturated heterocycles. The number of nitrogens with one attached hydrogen (secondary N) is 1. The Balaban J connectivity index is 2.29. The maximum Gasteiger partial charge on any atom is 0.137 e. The lowest BCUT2D eigenvalue weighted by Gasteiger charge is -2.09. The number of nitrogens with zero attached hydrogens (tertiary/aromatic N) is 2. The molecule has 3 rings (SSSR count). The molecule has 0 saturated carbocycles. The van der Waals surface area contributed by atoms with Crippen molar-refractivity contribution in [1.82, 2.24) is 9.97 Å². The Hall–Kier alpha value is -2.20. The molecule has 3 nitrogen and oxygen atoms in total. The monoisotopic (exact) mass is 287 g/mol. The molecule has 100 valence electrons. The predicted molar refractivity (Wildman–Crippen MR) is 79.5 cm³/mol. The smallest absolute Gasteiger partial charge is 0.137 e. The molecule has 1 heterocycles. The van der Waals surface area contributed by atoms with Crippen LogP contribution in [0.1, 0.15) is 0 Å². The van der Waals surface area contributed by atoms with E-state index in [0.29, 0.717) is 27.5 Å². The third kappa shape index (κ3) is 2.08. The van der Waals surface area contributed by atoms with Gasteiger partial charge in [-0.1, -0.05) is 29.8 Å². The molecule has 0 aliphatic rings. The molecule has 1 aromatic heterocycles. The van der Waals surface area contributed by atoms with Crippen molar-refractivity contribution in [2.24, 2.45) is 0 Å². The second-order valence-corrected chi connectivity index (χ2v) is 4.71. The fraction of sp³-hybridized carbons (Fsp3) is 0.0667. The molecule has 1 N–H and O–H groups in total. The van der Waals surface area contributed by atoms with Gasteiger partial charge in [-0.15, -0.1) is 0 Å². The Kier molecular flexibility index (Phi) is 3.24. The van der Waals surface area contributed by atoms with Crippen LogP contribution in [0.15, 0.2) is 42.7 Å². The average Bonchev–Trinajstić information content (AvgIpc) is 2.47. The maximum atomic E-state index is 13.9. The summed E-state index contributed by atoms with van der Waals surface area (Å²) in [7, 11) is 1.78. The molecule has 0 aliphatic heterocycles. The fourth-order valence-corrected chi connectivity index (χ4v) is 2.43. The van der Waals surface area contributed by atoms with Gasteiger partial charge in [0.15, 0.2) is 0 Å². The van der Waals surface area contributed by atoms with E-state index in [2.05, 4.69) is 15.3 Å². The van der Waals surface area contributed by atoms with Crippen molar-refractivity contribution in [1.29, 1.82) is 0 Å². The molecule has 20 heavy (non-hydrogen) atoms. The largest absolute Gasteiger partial charge is 0.373 e. The molecule has 0 amide bonds. The SMILES string of the molecule is CNc1ncnc2cc(-c3ccccc3F)c(Cl)cc12. The van der Waals surface area contributed by atoms with E-state index in [1.165, 1.54) is 12.4 Å². The number of aromatic nitrogens is 2. The highest BCUT2D eigenvalue weighted by Crippen LogP contribution is 2.34. The third-order valence-electron chi connectivity index (χ3n) is 3.12. The molecule has 2 aromatic carbocycles. The lowest BCUT2D eigenvalue weighted by molar-refractivity contribution is 0.631. The van der Waals surface area contributed by atoms with E-state index in [-0.39, 0.29) is 5.82 Å². The Morgan fingerprint density at radius 1 is 1.10 bits per heavy atom. The van der Waals surface area contributed by atoms with E-state index in [1.807, 2.05) is 0 Å². The van der Waals surface area contributed by atoms with Crippen LogP contribution in [0.3, 0.4) is 0 Å². The Morgan fingerprint density at radius 2 is 1.90 bits per heavy atom. The number of fused-ring (bicyclic) bond motifs is 1. The van der Waals surface area contributed by atoms with Crippen molar-refractivity contribution < 1.29 is 4.39 Å². The van der Waals surface area contributed by atoms with Crippen LogP contribution in [0.5, 0.6) is 0 Å². The molecule has 0 unspecified atom stereocenters. The van der Waals surface area contributed by atoms with E-state index in [4.69, 9.17) is 11.6 Å². The van der Waals surface area contributed by atoms with E-state index in [1.54, 1.807) is 37.4 Å². The number of benzene rings is 2. The number of hydrogen-bond acceptors (Lipinski definition) is 3. The van der Waals surface area contributed by atoms with Crippen LogP contribution >= 0.6 is 11.6 Å². The molecule has 0 spiro atoms. The topological polar surface area (TPSA) is 37.8 Å². The Morgan fingerprint density at radius 3 is 2.65 bits per heavy atom. The minimum Gasteiger partial charge on any atom is -0.373 e. The zero-order chi connectivity index (χ0) is 14.1. The molecular formula is C15H11ClFN3. The van der Waals surface area contributed by atoms with Crippen LogP contribution in [0.25, 0.3) is 22.0 Å². The molecule has 0 radical (unpaired) electrons. The van der Waals surface area contributed by atoms with Gasteiger partial charge in [0.1, 0.15) is 18.0 Å². The van der Waals surface area contributed by atoms with Crippen molar-refractivity contribution in [3.63, 3.8) is 0 Å². The highest BCUT2D eigenvalue weighted by atomic mass is 35.5. The van der Waals surface area contributed by atoms with Crippen molar-refractivity contribution in [3.05, 3.63) is 53.6 Å². The summed E-state index contributed by atoms with van der Waals surface area (Å²) in [6.07, 6.45) is 1.47. The minimum atomic E-state index is -0.309. The maximum absolute atomic E-state index is 13.9. The lowest BCUT2D eigenvalue weighted by Crippen LogP contribution is -1.95. The van der Waals surface area contributed by atoms with Crippen molar-refractivity contribution in [2.45, 2.75) is 0 Å². The third-order valence-corrected chi connectivity index (χ3v) is 3.44. The first-order valence-corrected chi connectivity index (χ1v) is 6.45. The van der Waals surface area contributed by atoms with Gasteiger partial charge in [-0.25, -0.2) is 14.4 Å². The number of hydrogen-bond donors (Lipinski definition) is 1. The second-order valence-electron chi connectivity index (χ2n) is 4.30. The zero-order valence-corrected chi connectivity index (χ0v) is 11.4. The van der Waals surface area contributed by atoms with E-state index < -0.39 is 0 Å². The van der Waals surface area contributed by atoms with Gasteiger partial charge in [0, 0.05) is 28.6 Å². The molecule has 5 heteroatoms. The van der Waals surface area contributed by atoms with Crippen molar-refractivity contribution in [3.8, 4) is 11.1 Å². The van der Waals surface area contributed by atoms with Gasteiger partial charge in [-0.3, -0.25) is 0 Å². The van der Waals surface area contributed by atoms with E-state index >= 15 is 0 Å². The number of anilines is 1.